The van der Waals surface area contributed by atoms with Crippen molar-refractivity contribution in [3.8, 4) is 11.1 Å². The van der Waals surface area contributed by atoms with E-state index in [1.807, 2.05) is 36.4 Å². The topological polar surface area (TPSA) is 0 Å². The number of hydrogen-bond acceptors (Lipinski definition) is 0. The molecule has 0 aliphatic heterocycles. The van der Waals surface area contributed by atoms with Crippen molar-refractivity contribution in [2.24, 2.45) is 0 Å². The van der Waals surface area contributed by atoms with Crippen molar-refractivity contribution in [3.05, 3.63) is 59.9 Å². The van der Waals surface area contributed by atoms with Crippen molar-refractivity contribution in [2.45, 2.75) is 6.92 Å². The summed E-state index contributed by atoms with van der Waals surface area (Å²) in [5.74, 6) is -0.126. The van der Waals surface area contributed by atoms with Crippen molar-refractivity contribution in [1.82, 2.24) is 0 Å². The standard InChI is InChI=1S/C13H11F/c1-10-6-5-9-12(13(10)14)11-7-3-2-4-8-11/h2-9H,1H3. The van der Waals surface area contributed by atoms with E-state index in [-0.39, 0.29) is 5.82 Å². The highest BCUT2D eigenvalue weighted by Crippen LogP contribution is 2.23. The van der Waals surface area contributed by atoms with Crippen LogP contribution < -0.4 is 0 Å². The zero-order valence-corrected chi connectivity index (χ0v) is 8.00. The third kappa shape index (κ3) is 1.53. The molecule has 0 saturated heterocycles. The molecule has 0 fully saturated rings. The SMILES string of the molecule is Cc1cccc(-c2ccccc2)c1F. The van der Waals surface area contributed by atoms with Crippen LogP contribution in [0, 0.1) is 12.7 Å². The predicted octanol–water partition coefficient (Wildman–Crippen LogP) is 3.80. The fourth-order valence-corrected chi connectivity index (χ4v) is 1.49. The lowest BCUT2D eigenvalue weighted by Crippen LogP contribution is -1.87. The average molecular weight is 186 g/mol. The van der Waals surface area contributed by atoms with Gasteiger partial charge in [0.05, 0.1) is 0 Å². The van der Waals surface area contributed by atoms with Gasteiger partial charge in [-0.2, -0.15) is 0 Å². The summed E-state index contributed by atoms with van der Waals surface area (Å²) in [6.45, 7) is 1.78. The van der Waals surface area contributed by atoms with E-state index in [0.717, 1.165) is 5.56 Å². The highest BCUT2D eigenvalue weighted by molar-refractivity contribution is 5.64. The minimum absolute atomic E-state index is 0.126. The van der Waals surface area contributed by atoms with E-state index in [1.54, 1.807) is 19.1 Å². The number of aryl methyl sites for hydroxylation is 1. The van der Waals surface area contributed by atoms with Gasteiger partial charge in [0.1, 0.15) is 5.82 Å². The molecule has 0 N–H and O–H groups in total. The molecule has 14 heavy (non-hydrogen) atoms. The summed E-state index contributed by atoms with van der Waals surface area (Å²) < 4.78 is 13.7. The zero-order chi connectivity index (χ0) is 9.97. The molecule has 0 amide bonds. The van der Waals surface area contributed by atoms with Gasteiger partial charge in [-0.15, -0.1) is 0 Å². The second-order valence-corrected chi connectivity index (χ2v) is 3.30. The number of rotatable bonds is 1. The van der Waals surface area contributed by atoms with E-state index in [9.17, 15) is 4.39 Å². The first-order chi connectivity index (χ1) is 6.79. The van der Waals surface area contributed by atoms with Gasteiger partial charge in [-0.25, -0.2) is 4.39 Å². The van der Waals surface area contributed by atoms with E-state index in [1.165, 1.54) is 0 Å². The Morgan fingerprint density at radius 2 is 1.57 bits per heavy atom. The number of benzene rings is 2. The van der Waals surface area contributed by atoms with E-state index in [0.29, 0.717) is 11.1 Å². The number of hydrogen-bond donors (Lipinski definition) is 0. The van der Waals surface area contributed by atoms with Crippen LogP contribution in [0.15, 0.2) is 48.5 Å². The molecule has 0 bridgehead atoms. The molecule has 2 aromatic carbocycles. The van der Waals surface area contributed by atoms with E-state index in [2.05, 4.69) is 0 Å². The largest absolute Gasteiger partial charge is 0.206 e. The van der Waals surface area contributed by atoms with Gasteiger partial charge in [0.15, 0.2) is 0 Å². The van der Waals surface area contributed by atoms with Crippen LogP contribution in [0.3, 0.4) is 0 Å². The summed E-state index contributed by atoms with van der Waals surface area (Å²) in [4.78, 5) is 0. The monoisotopic (exact) mass is 186 g/mol. The van der Waals surface area contributed by atoms with Crippen molar-refractivity contribution in [1.29, 1.82) is 0 Å². The third-order valence-electron chi connectivity index (χ3n) is 2.28. The second kappa shape index (κ2) is 3.62. The molecule has 0 spiro atoms. The van der Waals surface area contributed by atoms with Crippen LogP contribution in [0.25, 0.3) is 11.1 Å². The molecule has 70 valence electrons. The molecule has 0 aromatic heterocycles. The predicted molar refractivity (Wildman–Crippen MR) is 56.6 cm³/mol. The van der Waals surface area contributed by atoms with Gasteiger partial charge in [0.25, 0.3) is 0 Å². The Morgan fingerprint density at radius 1 is 0.857 bits per heavy atom. The molecular formula is C13H11F. The van der Waals surface area contributed by atoms with Gasteiger partial charge in [0, 0.05) is 5.56 Å². The normalized spacial score (nSPS) is 10.1. The molecule has 1 heteroatoms. The van der Waals surface area contributed by atoms with Crippen LogP contribution in [0.5, 0.6) is 0 Å². The molecule has 0 heterocycles. The Bertz CT molecular complexity index is 432. The summed E-state index contributed by atoms with van der Waals surface area (Å²) in [6.07, 6.45) is 0. The molecular weight excluding hydrogens is 175 g/mol. The van der Waals surface area contributed by atoms with Gasteiger partial charge in [-0.3, -0.25) is 0 Å². The quantitative estimate of drug-likeness (QED) is 0.635. The molecule has 0 unspecified atom stereocenters. The fourth-order valence-electron chi connectivity index (χ4n) is 1.49. The molecule has 2 rings (SSSR count). The average Bonchev–Trinajstić information content (AvgIpc) is 2.23. The zero-order valence-electron chi connectivity index (χ0n) is 8.00. The maximum atomic E-state index is 13.7. The Labute approximate surface area is 83.0 Å². The van der Waals surface area contributed by atoms with Gasteiger partial charge in [-0.1, -0.05) is 48.5 Å². The van der Waals surface area contributed by atoms with Gasteiger partial charge in [0.2, 0.25) is 0 Å². The lowest BCUT2D eigenvalue weighted by Gasteiger charge is -2.04. The minimum atomic E-state index is -0.126. The highest BCUT2D eigenvalue weighted by atomic mass is 19.1. The van der Waals surface area contributed by atoms with E-state index < -0.39 is 0 Å². The third-order valence-corrected chi connectivity index (χ3v) is 2.28. The summed E-state index contributed by atoms with van der Waals surface area (Å²) in [5.41, 5.74) is 2.28. The van der Waals surface area contributed by atoms with Crippen LogP contribution in [-0.4, -0.2) is 0 Å². The molecule has 0 saturated carbocycles. The van der Waals surface area contributed by atoms with Crippen molar-refractivity contribution < 1.29 is 4.39 Å². The van der Waals surface area contributed by atoms with E-state index in [4.69, 9.17) is 0 Å². The molecule has 2 aromatic rings. The Kier molecular flexibility index (Phi) is 2.32. The highest BCUT2D eigenvalue weighted by Gasteiger charge is 2.05. The van der Waals surface area contributed by atoms with Gasteiger partial charge < -0.3 is 0 Å². The Morgan fingerprint density at radius 3 is 2.29 bits per heavy atom. The minimum Gasteiger partial charge on any atom is -0.206 e. The van der Waals surface area contributed by atoms with Gasteiger partial charge >= 0.3 is 0 Å². The van der Waals surface area contributed by atoms with Crippen LogP contribution in [-0.2, 0) is 0 Å². The van der Waals surface area contributed by atoms with Crippen molar-refractivity contribution in [2.75, 3.05) is 0 Å². The summed E-state index contributed by atoms with van der Waals surface area (Å²) in [6, 6.07) is 15.0. The van der Waals surface area contributed by atoms with Crippen LogP contribution >= 0.6 is 0 Å². The van der Waals surface area contributed by atoms with Crippen LogP contribution in [0.4, 0.5) is 4.39 Å². The van der Waals surface area contributed by atoms with Crippen LogP contribution in [0.2, 0.25) is 0 Å². The Balaban J connectivity index is 2.58. The summed E-state index contributed by atoms with van der Waals surface area (Å²) in [5, 5.41) is 0. The smallest absolute Gasteiger partial charge is 0.133 e. The second-order valence-electron chi connectivity index (χ2n) is 3.30. The maximum absolute atomic E-state index is 13.7. The maximum Gasteiger partial charge on any atom is 0.133 e. The first-order valence-corrected chi connectivity index (χ1v) is 4.59. The molecule has 0 radical (unpaired) electrons. The first kappa shape index (κ1) is 8.95. The first-order valence-electron chi connectivity index (χ1n) is 4.59. The fraction of sp³-hybridized carbons (Fsp3) is 0.0769. The van der Waals surface area contributed by atoms with Gasteiger partial charge in [-0.05, 0) is 18.1 Å². The summed E-state index contributed by atoms with van der Waals surface area (Å²) >= 11 is 0. The van der Waals surface area contributed by atoms with Crippen molar-refractivity contribution in [3.63, 3.8) is 0 Å². The van der Waals surface area contributed by atoms with E-state index >= 15 is 0 Å². The molecule has 0 atom stereocenters. The van der Waals surface area contributed by atoms with Crippen LogP contribution in [0.1, 0.15) is 5.56 Å². The Hall–Kier alpha value is -1.63. The molecule has 0 aliphatic carbocycles. The number of halogens is 1. The lowest BCUT2D eigenvalue weighted by molar-refractivity contribution is 0.622. The molecule has 0 nitrogen and oxygen atoms in total. The van der Waals surface area contributed by atoms with Crippen molar-refractivity contribution >= 4 is 0 Å². The summed E-state index contributed by atoms with van der Waals surface area (Å²) in [7, 11) is 0. The molecule has 0 aliphatic rings. The lowest BCUT2D eigenvalue weighted by atomic mass is 10.0.